The van der Waals surface area contributed by atoms with Crippen molar-refractivity contribution >= 4 is 5.71 Å². The van der Waals surface area contributed by atoms with Gasteiger partial charge in [-0.3, -0.25) is 9.78 Å². The Bertz CT molecular complexity index is 675. The van der Waals surface area contributed by atoms with E-state index in [1.807, 2.05) is 0 Å². The Balaban J connectivity index is 2.69. The predicted molar refractivity (Wildman–Crippen MR) is 73.7 cm³/mol. The maximum Gasteiger partial charge on any atom is 0.263 e. The fraction of sp³-hybridized carbons (Fsp3) is 0.214. The first kappa shape index (κ1) is 13.0. The van der Waals surface area contributed by atoms with Crippen molar-refractivity contribution in [2.24, 2.45) is 7.05 Å². The van der Waals surface area contributed by atoms with Gasteiger partial charge in [0.2, 0.25) is 0 Å². The highest BCUT2D eigenvalue weighted by molar-refractivity contribution is 6.00. The van der Waals surface area contributed by atoms with Crippen molar-refractivity contribution in [2.45, 2.75) is 13.3 Å². The van der Waals surface area contributed by atoms with Crippen molar-refractivity contribution in [2.75, 3.05) is 0 Å². The lowest BCUT2D eigenvalue weighted by Crippen LogP contribution is -2.25. The second-order valence-electron chi connectivity index (χ2n) is 4.22. The number of rotatable bonds is 3. The molecule has 0 aliphatic carbocycles. The Morgan fingerprint density at radius 2 is 2.05 bits per heavy atom. The molecule has 98 valence electrons. The van der Waals surface area contributed by atoms with Crippen LogP contribution in [0.15, 0.2) is 35.4 Å². The average molecular weight is 257 g/mol. The van der Waals surface area contributed by atoms with Crippen LogP contribution < -0.4 is 5.56 Å². The summed E-state index contributed by atoms with van der Waals surface area (Å²) in [7, 11) is 1.63. The number of hydrogen-bond acceptors (Lipinski definition) is 4. The van der Waals surface area contributed by atoms with E-state index in [1.54, 1.807) is 38.5 Å². The topological polar surface area (TPSA) is 79.0 Å². The van der Waals surface area contributed by atoms with Gasteiger partial charge in [-0.2, -0.15) is 0 Å². The number of nitrogens with zero attached hydrogens (tertiary/aromatic N) is 2. The Hall–Kier alpha value is -2.43. The summed E-state index contributed by atoms with van der Waals surface area (Å²) in [6.45, 7) is 1.78. The highest BCUT2D eigenvalue weighted by atomic mass is 16.3. The molecule has 19 heavy (non-hydrogen) atoms. The smallest absolute Gasteiger partial charge is 0.263 e. The zero-order valence-electron chi connectivity index (χ0n) is 10.8. The van der Waals surface area contributed by atoms with Crippen LogP contribution in [0.2, 0.25) is 0 Å². The summed E-state index contributed by atoms with van der Waals surface area (Å²) in [5.41, 5.74) is 1.23. The van der Waals surface area contributed by atoms with Crippen LogP contribution >= 0.6 is 0 Å². The number of aromatic hydroxyl groups is 1. The lowest BCUT2D eigenvalue weighted by molar-refractivity contribution is 0.471. The molecule has 5 heteroatoms. The molecule has 0 bridgehead atoms. The second-order valence-corrected chi connectivity index (χ2v) is 4.22. The van der Waals surface area contributed by atoms with Crippen LogP contribution in [0.25, 0.3) is 11.3 Å². The minimum absolute atomic E-state index is 0.0720. The highest BCUT2D eigenvalue weighted by Gasteiger charge is 2.16. The SMILES string of the molecule is CCC(=N)c1c(O)cc(-c2ccncc2)n(C)c1=O. The average Bonchev–Trinajstić information content (AvgIpc) is 2.43. The van der Waals surface area contributed by atoms with E-state index in [4.69, 9.17) is 5.41 Å². The van der Waals surface area contributed by atoms with E-state index in [-0.39, 0.29) is 22.6 Å². The molecular formula is C14H15N3O2. The molecule has 0 saturated heterocycles. The molecule has 2 rings (SSSR count). The summed E-state index contributed by atoms with van der Waals surface area (Å²) >= 11 is 0. The lowest BCUT2D eigenvalue weighted by atomic mass is 10.1. The third kappa shape index (κ3) is 2.27. The summed E-state index contributed by atoms with van der Waals surface area (Å²) in [6, 6.07) is 5.04. The molecule has 2 N–H and O–H groups in total. The van der Waals surface area contributed by atoms with Gasteiger partial charge in [0.1, 0.15) is 11.3 Å². The van der Waals surface area contributed by atoms with Crippen LogP contribution in [0, 0.1) is 5.41 Å². The number of hydrogen-bond donors (Lipinski definition) is 2. The van der Waals surface area contributed by atoms with Crippen molar-refractivity contribution in [3.05, 3.63) is 46.5 Å². The van der Waals surface area contributed by atoms with E-state index in [0.717, 1.165) is 5.56 Å². The van der Waals surface area contributed by atoms with Gasteiger partial charge < -0.3 is 15.1 Å². The van der Waals surface area contributed by atoms with Gasteiger partial charge in [0.05, 0.1) is 5.69 Å². The van der Waals surface area contributed by atoms with E-state index in [2.05, 4.69) is 4.98 Å². The molecule has 2 heterocycles. The molecule has 0 amide bonds. The Labute approximate surface area is 110 Å². The molecule has 2 aromatic heterocycles. The second kappa shape index (κ2) is 5.06. The van der Waals surface area contributed by atoms with Gasteiger partial charge in [-0.15, -0.1) is 0 Å². The molecule has 0 saturated carbocycles. The Morgan fingerprint density at radius 1 is 1.42 bits per heavy atom. The standard InChI is InChI=1S/C14H15N3O2/c1-3-10(15)13-12(18)8-11(17(2)14(13)19)9-4-6-16-7-5-9/h4-8,15,18H,3H2,1-2H3. The largest absolute Gasteiger partial charge is 0.507 e. The molecule has 2 aromatic rings. The fourth-order valence-corrected chi connectivity index (χ4v) is 1.95. The quantitative estimate of drug-likeness (QED) is 0.824. The highest BCUT2D eigenvalue weighted by Crippen LogP contribution is 2.23. The molecule has 5 nitrogen and oxygen atoms in total. The molecule has 0 unspecified atom stereocenters. The summed E-state index contributed by atoms with van der Waals surface area (Å²) in [5.74, 6) is -0.151. The van der Waals surface area contributed by atoms with Gasteiger partial charge >= 0.3 is 0 Å². The number of nitrogens with one attached hydrogen (secondary N) is 1. The van der Waals surface area contributed by atoms with E-state index in [1.165, 1.54) is 10.6 Å². The first-order valence-corrected chi connectivity index (χ1v) is 5.97. The van der Waals surface area contributed by atoms with Crippen LogP contribution in [-0.4, -0.2) is 20.4 Å². The van der Waals surface area contributed by atoms with Crippen molar-refractivity contribution in [1.29, 1.82) is 5.41 Å². The zero-order chi connectivity index (χ0) is 14.0. The molecule has 0 fully saturated rings. The zero-order valence-corrected chi connectivity index (χ0v) is 10.8. The van der Waals surface area contributed by atoms with Gasteiger partial charge in [0.15, 0.2) is 0 Å². The van der Waals surface area contributed by atoms with Crippen molar-refractivity contribution in [3.8, 4) is 17.0 Å². The summed E-state index contributed by atoms with van der Waals surface area (Å²) < 4.78 is 1.44. The van der Waals surface area contributed by atoms with E-state index < -0.39 is 0 Å². The number of aromatic nitrogens is 2. The van der Waals surface area contributed by atoms with Gasteiger partial charge in [0, 0.05) is 36.8 Å². The Kier molecular flexibility index (Phi) is 3.46. The summed E-state index contributed by atoms with van der Waals surface area (Å²) in [5, 5.41) is 17.7. The minimum atomic E-state index is -0.362. The van der Waals surface area contributed by atoms with Crippen LogP contribution in [0.5, 0.6) is 5.75 Å². The maximum absolute atomic E-state index is 12.2. The normalized spacial score (nSPS) is 10.4. The fourth-order valence-electron chi connectivity index (χ4n) is 1.95. The van der Waals surface area contributed by atoms with Crippen LogP contribution in [0.3, 0.4) is 0 Å². The van der Waals surface area contributed by atoms with Crippen LogP contribution in [-0.2, 0) is 7.05 Å². The van der Waals surface area contributed by atoms with Crippen LogP contribution in [0.1, 0.15) is 18.9 Å². The van der Waals surface area contributed by atoms with Gasteiger partial charge in [0.25, 0.3) is 5.56 Å². The molecule has 0 spiro atoms. The predicted octanol–water partition coefficient (Wildman–Crippen LogP) is 1.93. The lowest BCUT2D eigenvalue weighted by Gasteiger charge is -2.12. The third-order valence-corrected chi connectivity index (χ3v) is 3.04. The first-order valence-electron chi connectivity index (χ1n) is 5.97. The molecule has 0 aliphatic heterocycles. The summed E-state index contributed by atoms with van der Waals surface area (Å²) in [4.78, 5) is 16.2. The van der Waals surface area contributed by atoms with E-state index in [9.17, 15) is 9.90 Å². The van der Waals surface area contributed by atoms with Gasteiger partial charge in [-0.05, 0) is 18.6 Å². The molecular weight excluding hydrogens is 242 g/mol. The van der Waals surface area contributed by atoms with Crippen LogP contribution in [0.4, 0.5) is 0 Å². The summed E-state index contributed by atoms with van der Waals surface area (Å²) in [6.07, 6.45) is 3.65. The van der Waals surface area contributed by atoms with E-state index >= 15 is 0 Å². The van der Waals surface area contributed by atoms with Gasteiger partial charge in [-0.25, -0.2) is 0 Å². The van der Waals surface area contributed by atoms with Crippen molar-refractivity contribution < 1.29 is 5.11 Å². The minimum Gasteiger partial charge on any atom is -0.507 e. The van der Waals surface area contributed by atoms with Crippen molar-refractivity contribution in [1.82, 2.24) is 9.55 Å². The van der Waals surface area contributed by atoms with Crippen molar-refractivity contribution in [3.63, 3.8) is 0 Å². The van der Waals surface area contributed by atoms with E-state index in [0.29, 0.717) is 12.1 Å². The van der Waals surface area contributed by atoms with Gasteiger partial charge in [-0.1, -0.05) is 6.92 Å². The molecule has 0 radical (unpaired) electrons. The monoisotopic (exact) mass is 257 g/mol. The first-order chi connectivity index (χ1) is 9.06. The maximum atomic E-state index is 12.2. The Morgan fingerprint density at radius 3 is 2.63 bits per heavy atom. The number of pyridine rings is 2. The molecule has 0 aromatic carbocycles. The third-order valence-electron chi connectivity index (χ3n) is 3.04. The molecule has 0 atom stereocenters. The molecule has 0 aliphatic rings.